The molecule has 2 unspecified atom stereocenters. The van der Waals surface area contributed by atoms with Crippen molar-refractivity contribution in [1.82, 2.24) is 14.5 Å². The fourth-order valence-electron chi connectivity index (χ4n) is 3.58. The van der Waals surface area contributed by atoms with Crippen LogP contribution in [0.4, 0.5) is 5.69 Å². The number of azide groups is 1. The van der Waals surface area contributed by atoms with Crippen LogP contribution in [-0.4, -0.2) is 57.7 Å². The minimum Gasteiger partial charge on any atom is -0.352 e. The van der Waals surface area contributed by atoms with Crippen LogP contribution in [0, 0.1) is 6.92 Å². The molecule has 2 aromatic rings. The van der Waals surface area contributed by atoms with E-state index in [2.05, 4.69) is 45.8 Å². The molecule has 3 N–H and O–H groups in total. The van der Waals surface area contributed by atoms with E-state index in [0.717, 1.165) is 0 Å². The van der Waals surface area contributed by atoms with Gasteiger partial charge in [0.15, 0.2) is 0 Å². The van der Waals surface area contributed by atoms with Gasteiger partial charge in [0.05, 0.1) is 18.8 Å². The van der Waals surface area contributed by atoms with Crippen LogP contribution in [0.15, 0.2) is 51.2 Å². The largest absolute Gasteiger partial charge is 0.430 e. The first kappa shape index (κ1) is 29.3. The summed E-state index contributed by atoms with van der Waals surface area (Å²) in [5.41, 5.74) is 8.30. The van der Waals surface area contributed by atoms with Gasteiger partial charge in [-0.05, 0) is 44.2 Å². The van der Waals surface area contributed by atoms with Crippen LogP contribution < -0.4 is 16.3 Å². The van der Waals surface area contributed by atoms with Crippen LogP contribution in [0.25, 0.3) is 10.4 Å². The van der Waals surface area contributed by atoms with E-state index in [-0.39, 0.29) is 13.0 Å². The van der Waals surface area contributed by atoms with Gasteiger partial charge in [0.1, 0.15) is 6.23 Å². The molecule has 1 fully saturated rings. The number of hydrogen-bond acceptors (Lipinski definition) is 7. The third kappa shape index (κ3) is 8.63. The van der Waals surface area contributed by atoms with E-state index in [1.165, 1.54) is 37.3 Å². The summed E-state index contributed by atoms with van der Waals surface area (Å²) in [5, 5.41) is 6.02. The highest BCUT2D eigenvalue weighted by Gasteiger charge is 2.38. The predicted octanol–water partition coefficient (Wildman–Crippen LogP) is 3.39. The highest BCUT2D eigenvalue weighted by molar-refractivity contribution is 7.54. The van der Waals surface area contributed by atoms with E-state index in [9.17, 15) is 19.0 Å². The number of para-hydroxylation sites is 1. The quantitative estimate of drug-likeness (QED) is 0.184. The molecule has 0 aliphatic carbocycles. The summed E-state index contributed by atoms with van der Waals surface area (Å²) in [4.78, 5) is 40.9. The molecule has 1 aromatic heterocycles. The van der Waals surface area contributed by atoms with Crippen LogP contribution in [0.5, 0.6) is 0 Å². The maximum atomic E-state index is 12.3. The third-order valence-corrected chi connectivity index (χ3v) is 6.70. The van der Waals surface area contributed by atoms with Crippen LogP contribution >= 0.6 is 7.75 Å². The van der Waals surface area contributed by atoms with Crippen molar-refractivity contribution < 1.29 is 18.7 Å². The molecule has 14 heteroatoms. The Labute approximate surface area is 209 Å². The standard InChI is InChI=1S/C16H19N6O6P.C6H15N/c1-10-8-22(16(24)18-15(10)23)14-7-12(19-21-17)13(28-14)9-27-29(25,26)20-11-5-3-2-4-6-11;1-4-7(5-2)6-3/h2-6,8,12-14H,7,9H2,1H3,(H,18,23,24)(H2,20,25,26);4-6H2,1-3H3/t12?,13-,14-;/m1./s1. The Hall–Kier alpha value is -2.92. The summed E-state index contributed by atoms with van der Waals surface area (Å²) in [6, 6.07) is 7.60. The Morgan fingerprint density at radius 1 is 1.28 bits per heavy atom. The minimum atomic E-state index is -4.21. The van der Waals surface area contributed by atoms with Crippen LogP contribution in [0.3, 0.4) is 0 Å². The normalized spacial score (nSPS) is 20.7. The molecule has 0 radical (unpaired) electrons. The number of benzene rings is 1. The zero-order chi connectivity index (χ0) is 26.7. The highest BCUT2D eigenvalue weighted by atomic mass is 31.2. The van der Waals surface area contributed by atoms with Crippen molar-refractivity contribution >= 4 is 13.4 Å². The van der Waals surface area contributed by atoms with E-state index < -0.39 is 37.4 Å². The van der Waals surface area contributed by atoms with Gasteiger partial charge in [0, 0.05) is 28.8 Å². The molecular weight excluding hydrogens is 489 g/mol. The van der Waals surface area contributed by atoms with Gasteiger partial charge < -0.3 is 14.5 Å². The molecule has 1 saturated heterocycles. The molecule has 4 atom stereocenters. The SMILES string of the molecule is CCN(CC)CC.Cc1cn([C@H]2CC(N=[N+]=[N-])[C@@H](COP(=O)(O)Nc3ccccc3)O2)c(=O)[nH]c1=O. The number of aryl methyl sites for hydroxylation is 1. The monoisotopic (exact) mass is 523 g/mol. The number of anilines is 1. The maximum absolute atomic E-state index is 12.3. The smallest absolute Gasteiger partial charge is 0.352 e. The molecule has 13 nitrogen and oxygen atoms in total. The second-order valence-electron chi connectivity index (χ2n) is 8.03. The molecule has 0 saturated carbocycles. The lowest BCUT2D eigenvalue weighted by Crippen LogP contribution is -2.33. The van der Waals surface area contributed by atoms with E-state index in [1.807, 2.05) is 0 Å². The Morgan fingerprint density at radius 3 is 2.47 bits per heavy atom. The van der Waals surface area contributed by atoms with Crippen molar-refractivity contribution in [3.63, 3.8) is 0 Å². The number of aromatic amines is 1. The van der Waals surface area contributed by atoms with Gasteiger partial charge in [0.25, 0.3) is 5.56 Å². The Kier molecular flexibility index (Phi) is 11.4. The van der Waals surface area contributed by atoms with Gasteiger partial charge in [0.2, 0.25) is 0 Å². The summed E-state index contributed by atoms with van der Waals surface area (Å²) in [6.07, 6.45) is -0.225. The fourth-order valence-corrected chi connectivity index (χ4v) is 4.47. The molecule has 1 aliphatic rings. The second-order valence-corrected chi connectivity index (χ2v) is 9.55. The van der Waals surface area contributed by atoms with E-state index in [4.69, 9.17) is 14.8 Å². The third-order valence-electron chi connectivity index (χ3n) is 5.66. The lowest BCUT2D eigenvalue weighted by molar-refractivity contribution is -0.0237. The molecule has 36 heavy (non-hydrogen) atoms. The Balaban J connectivity index is 0.000000572. The van der Waals surface area contributed by atoms with Crippen molar-refractivity contribution in [3.8, 4) is 0 Å². The molecule has 3 rings (SSSR count). The van der Waals surface area contributed by atoms with Gasteiger partial charge >= 0.3 is 13.4 Å². The van der Waals surface area contributed by atoms with Gasteiger partial charge in [-0.15, -0.1) is 0 Å². The fraction of sp³-hybridized carbons (Fsp3) is 0.545. The van der Waals surface area contributed by atoms with E-state index >= 15 is 0 Å². The van der Waals surface area contributed by atoms with Crippen LogP contribution in [-0.2, 0) is 13.8 Å². The average Bonchev–Trinajstić information content (AvgIpc) is 3.25. The van der Waals surface area contributed by atoms with Gasteiger partial charge in [-0.25, -0.2) is 9.36 Å². The summed E-state index contributed by atoms with van der Waals surface area (Å²) in [7, 11) is -4.21. The van der Waals surface area contributed by atoms with Crippen molar-refractivity contribution in [2.45, 2.75) is 52.5 Å². The van der Waals surface area contributed by atoms with E-state index in [0.29, 0.717) is 11.3 Å². The topological polar surface area (TPSA) is 175 Å². The lowest BCUT2D eigenvalue weighted by atomic mass is 10.1. The highest BCUT2D eigenvalue weighted by Crippen LogP contribution is 2.43. The minimum absolute atomic E-state index is 0.130. The molecule has 1 aliphatic heterocycles. The Bertz CT molecular complexity index is 1170. The predicted molar refractivity (Wildman–Crippen MR) is 137 cm³/mol. The molecule has 198 valence electrons. The van der Waals surface area contributed by atoms with Crippen molar-refractivity contribution in [1.29, 1.82) is 0 Å². The molecular formula is C22H34N7O6P. The van der Waals surface area contributed by atoms with Crippen molar-refractivity contribution in [3.05, 3.63) is 73.4 Å². The van der Waals surface area contributed by atoms with Gasteiger partial charge in [-0.1, -0.05) is 44.1 Å². The number of nitrogens with one attached hydrogen (secondary N) is 2. The summed E-state index contributed by atoms with van der Waals surface area (Å²) < 4.78 is 24.3. The summed E-state index contributed by atoms with van der Waals surface area (Å²) in [5.74, 6) is 0. The number of aromatic nitrogens is 2. The average molecular weight is 524 g/mol. The first-order valence-electron chi connectivity index (χ1n) is 11.7. The molecule has 1 aromatic carbocycles. The zero-order valence-corrected chi connectivity index (χ0v) is 21.8. The van der Waals surface area contributed by atoms with Crippen molar-refractivity contribution in [2.75, 3.05) is 31.3 Å². The maximum Gasteiger partial charge on any atom is 0.430 e. The lowest BCUT2D eigenvalue weighted by Gasteiger charge is -2.19. The number of H-pyrrole nitrogens is 1. The molecule has 0 bridgehead atoms. The molecule has 0 amide bonds. The van der Waals surface area contributed by atoms with Crippen LogP contribution in [0.2, 0.25) is 0 Å². The summed E-state index contributed by atoms with van der Waals surface area (Å²) in [6.45, 7) is 11.3. The molecule has 2 heterocycles. The van der Waals surface area contributed by atoms with Crippen LogP contribution in [0.1, 0.15) is 39.0 Å². The van der Waals surface area contributed by atoms with E-state index in [1.54, 1.807) is 30.3 Å². The number of ether oxygens (including phenoxy) is 1. The Morgan fingerprint density at radius 2 is 1.92 bits per heavy atom. The molecule has 0 spiro atoms. The van der Waals surface area contributed by atoms with Gasteiger partial charge in [-0.2, -0.15) is 0 Å². The summed E-state index contributed by atoms with van der Waals surface area (Å²) >= 11 is 0. The van der Waals surface area contributed by atoms with Crippen molar-refractivity contribution in [2.24, 2.45) is 5.11 Å². The first-order chi connectivity index (χ1) is 17.1. The zero-order valence-electron chi connectivity index (χ0n) is 20.9. The number of nitrogens with zero attached hydrogens (tertiary/aromatic N) is 5. The number of rotatable bonds is 10. The van der Waals surface area contributed by atoms with Gasteiger partial charge in [-0.3, -0.25) is 24.0 Å². The second kappa shape index (κ2) is 14.0. The first-order valence-corrected chi connectivity index (χ1v) is 13.3. The number of hydrogen-bond donors (Lipinski definition) is 3.